The summed E-state index contributed by atoms with van der Waals surface area (Å²) >= 11 is 1.19. The summed E-state index contributed by atoms with van der Waals surface area (Å²) in [6, 6.07) is 7.17. The first-order chi connectivity index (χ1) is 15.0. The Morgan fingerprint density at radius 1 is 1.10 bits per heavy atom. The Morgan fingerprint density at radius 3 is 2.65 bits per heavy atom. The molecule has 2 aliphatic rings. The fourth-order valence-electron chi connectivity index (χ4n) is 3.42. The van der Waals surface area contributed by atoms with Crippen LogP contribution in [0.1, 0.15) is 25.7 Å². The number of hydrogen-bond acceptors (Lipinski definition) is 6. The van der Waals surface area contributed by atoms with Crippen LogP contribution < -0.4 is 15.5 Å². The molecule has 1 saturated carbocycles. The predicted molar refractivity (Wildman–Crippen MR) is 114 cm³/mol. The minimum absolute atomic E-state index is 0.0369. The predicted octanol–water partition coefficient (Wildman–Crippen LogP) is 2.98. The van der Waals surface area contributed by atoms with E-state index in [-0.39, 0.29) is 29.2 Å². The molecule has 2 N–H and O–H groups in total. The Balaban J connectivity index is 1.27. The zero-order chi connectivity index (χ0) is 21.8. The van der Waals surface area contributed by atoms with Crippen molar-refractivity contribution < 1.29 is 18.4 Å². The molecule has 164 valence electrons. The van der Waals surface area contributed by atoms with Gasteiger partial charge in [0.15, 0.2) is 17.5 Å². The van der Waals surface area contributed by atoms with Gasteiger partial charge in [0.25, 0.3) is 0 Å². The molecule has 7 nitrogen and oxygen atoms in total. The molecule has 1 aliphatic heterocycles. The fourth-order valence-corrected chi connectivity index (χ4v) is 4.03. The number of amides is 2. The second-order valence-electron chi connectivity index (χ2n) is 7.76. The Hall–Kier alpha value is -2.75. The van der Waals surface area contributed by atoms with E-state index >= 15 is 0 Å². The van der Waals surface area contributed by atoms with Crippen molar-refractivity contribution in [1.29, 1.82) is 0 Å². The van der Waals surface area contributed by atoms with Crippen molar-refractivity contribution >= 4 is 35.1 Å². The van der Waals surface area contributed by atoms with Crippen molar-refractivity contribution in [2.45, 2.75) is 36.8 Å². The van der Waals surface area contributed by atoms with Gasteiger partial charge in [0.1, 0.15) is 5.03 Å². The number of hydrogen-bond donors (Lipinski definition) is 2. The van der Waals surface area contributed by atoms with E-state index in [2.05, 4.69) is 25.7 Å². The van der Waals surface area contributed by atoms with E-state index in [4.69, 9.17) is 0 Å². The second kappa shape index (κ2) is 9.59. The van der Waals surface area contributed by atoms with Crippen molar-refractivity contribution in [2.75, 3.05) is 29.1 Å². The molecule has 1 aromatic heterocycles. The molecule has 31 heavy (non-hydrogen) atoms. The highest BCUT2D eigenvalue weighted by Crippen LogP contribution is 2.25. The molecular weight excluding hydrogens is 424 g/mol. The molecule has 1 saturated heterocycles. The van der Waals surface area contributed by atoms with Gasteiger partial charge in [0.2, 0.25) is 11.8 Å². The summed E-state index contributed by atoms with van der Waals surface area (Å²) in [6.45, 7) is 1.45. The van der Waals surface area contributed by atoms with Crippen LogP contribution in [0.2, 0.25) is 0 Å². The van der Waals surface area contributed by atoms with Crippen LogP contribution in [0.5, 0.6) is 0 Å². The number of halogens is 2. The molecule has 2 aromatic rings. The maximum absolute atomic E-state index is 13.2. The summed E-state index contributed by atoms with van der Waals surface area (Å²) < 4.78 is 26.2. The first kappa shape index (κ1) is 21.5. The van der Waals surface area contributed by atoms with Crippen LogP contribution in [0.25, 0.3) is 0 Å². The Bertz CT molecular complexity index is 955. The zero-order valence-electron chi connectivity index (χ0n) is 16.8. The molecule has 0 radical (unpaired) electrons. The number of thioether (sulfide) groups is 1. The van der Waals surface area contributed by atoms with Crippen molar-refractivity contribution in [3.63, 3.8) is 0 Å². The van der Waals surface area contributed by atoms with Crippen molar-refractivity contribution in [1.82, 2.24) is 15.5 Å². The Kier molecular flexibility index (Phi) is 6.64. The topological polar surface area (TPSA) is 87.2 Å². The summed E-state index contributed by atoms with van der Waals surface area (Å²) in [4.78, 5) is 26.4. The van der Waals surface area contributed by atoms with Crippen molar-refractivity contribution in [3.8, 4) is 0 Å². The molecule has 2 heterocycles. The van der Waals surface area contributed by atoms with E-state index < -0.39 is 11.6 Å². The molecular formula is C21H23F2N5O2S. The van der Waals surface area contributed by atoms with Crippen molar-refractivity contribution in [2.24, 2.45) is 5.92 Å². The lowest BCUT2D eigenvalue weighted by Gasteiger charge is -2.32. The molecule has 1 aromatic carbocycles. The number of carbonyl (C=O) groups is 2. The maximum Gasteiger partial charge on any atom is 0.234 e. The van der Waals surface area contributed by atoms with Crippen LogP contribution in [0.15, 0.2) is 35.4 Å². The molecule has 0 spiro atoms. The van der Waals surface area contributed by atoms with Gasteiger partial charge in [-0.05, 0) is 49.9 Å². The van der Waals surface area contributed by atoms with Gasteiger partial charge < -0.3 is 15.5 Å². The number of anilines is 2. The molecule has 4 rings (SSSR count). The minimum atomic E-state index is -1.02. The number of nitrogens with zero attached hydrogens (tertiary/aromatic N) is 3. The third-order valence-electron chi connectivity index (χ3n) is 5.22. The van der Waals surface area contributed by atoms with Crippen LogP contribution in [0.3, 0.4) is 0 Å². The molecule has 2 amide bonds. The van der Waals surface area contributed by atoms with Crippen LogP contribution >= 0.6 is 11.8 Å². The minimum Gasteiger partial charge on any atom is -0.354 e. The first-order valence-corrected chi connectivity index (χ1v) is 11.2. The van der Waals surface area contributed by atoms with Gasteiger partial charge >= 0.3 is 0 Å². The second-order valence-corrected chi connectivity index (χ2v) is 8.76. The number of carbonyl (C=O) groups excluding carboxylic acids is 2. The molecule has 10 heteroatoms. The molecule has 1 aliphatic carbocycles. The highest BCUT2D eigenvalue weighted by molar-refractivity contribution is 7.99. The van der Waals surface area contributed by atoms with Crippen molar-refractivity contribution in [3.05, 3.63) is 42.0 Å². The van der Waals surface area contributed by atoms with E-state index in [0.717, 1.165) is 44.4 Å². The van der Waals surface area contributed by atoms with Crippen LogP contribution in [0.4, 0.5) is 20.3 Å². The third-order valence-corrected chi connectivity index (χ3v) is 6.14. The highest BCUT2D eigenvalue weighted by atomic mass is 32.2. The quantitative estimate of drug-likeness (QED) is 0.635. The van der Waals surface area contributed by atoms with E-state index in [9.17, 15) is 18.4 Å². The Morgan fingerprint density at radius 2 is 1.94 bits per heavy atom. The highest BCUT2D eigenvalue weighted by Gasteiger charge is 2.30. The standard InChI is InChI=1S/C21H23F2N5O2S/c22-16-6-5-15(10-17(16)23)24-19(29)12-31-20-8-7-18(26-27-20)28-9-1-2-13(11-28)21(30)25-14-3-4-14/h5-8,10,13-14H,1-4,9,11-12H2,(H,24,29)(H,25,30)/t13-/m0/s1. The van der Waals surface area contributed by atoms with Crippen LogP contribution in [-0.2, 0) is 9.59 Å². The number of aromatic nitrogens is 2. The van der Waals surface area contributed by atoms with Gasteiger partial charge in [-0.2, -0.15) is 0 Å². The van der Waals surface area contributed by atoms with Crippen LogP contribution in [0, 0.1) is 17.6 Å². The molecule has 0 unspecified atom stereocenters. The summed E-state index contributed by atoms with van der Waals surface area (Å²) in [5.74, 6) is -1.49. The summed E-state index contributed by atoms with van der Waals surface area (Å²) in [5.41, 5.74) is 0.191. The summed E-state index contributed by atoms with van der Waals surface area (Å²) in [6.07, 6.45) is 3.95. The molecule has 2 fully saturated rings. The molecule has 1 atom stereocenters. The average molecular weight is 448 g/mol. The lowest BCUT2D eigenvalue weighted by atomic mass is 9.97. The van der Waals surface area contributed by atoms with E-state index in [1.165, 1.54) is 17.8 Å². The van der Waals surface area contributed by atoms with Gasteiger partial charge in [0.05, 0.1) is 11.7 Å². The maximum atomic E-state index is 13.2. The SMILES string of the molecule is O=C(CSc1ccc(N2CCC[C@H](C(=O)NC3CC3)C2)nn1)Nc1ccc(F)c(F)c1. The Labute approximate surface area is 183 Å². The number of piperidine rings is 1. The van der Waals surface area contributed by atoms with Gasteiger partial charge in [0, 0.05) is 30.9 Å². The lowest BCUT2D eigenvalue weighted by molar-refractivity contribution is -0.125. The molecule has 0 bridgehead atoms. The largest absolute Gasteiger partial charge is 0.354 e. The normalized spacial score (nSPS) is 18.5. The number of nitrogens with one attached hydrogen (secondary N) is 2. The van der Waals surface area contributed by atoms with E-state index in [1.807, 2.05) is 6.07 Å². The average Bonchev–Trinajstić information content (AvgIpc) is 3.59. The number of rotatable bonds is 7. The van der Waals surface area contributed by atoms with Gasteiger partial charge in [-0.1, -0.05) is 11.8 Å². The summed E-state index contributed by atoms with van der Waals surface area (Å²) in [7, 11) is 0. The van der Waals surface area contributed by atoms with Gasteiger partial charge in [-0.25, -0.2) is 8.78 Å². The zero-order valence-corrected chi connectivity index (χ0v) is 17.6. The fraction of sp³-hybridized carbons (Fsp3) is 0.429. The van der Waals surface area contributed by atoms with Gasteiger partial charge in [-0.3, -0.25) is 9.59 Å². The smallest absolute Gasteiger partial charge is 0.234 e. The van der Waals surface area contributed by atoms with Crippen LogP contribution in [-0.4, -0.2) is 46.9 Å². The van der Waals surface area contributed by atoms with Gasteiger partial charge in [-0.15, -0.1) is 10.2 Å². The van der Waals surface area contributed by atoms with E-state index in [0.29, 0.717) is 23.4 Å². The monoisotopic (exact) mass is 447 g/mol. The lowest BCUT2D eigenvalue weighted by Crippen LogP contribution is -2.44. The number of benzene rings is 1. The first-order valence-electron chi connectivity index (χ1n) is 10.2. The third kappa shape index (κ3) is 5.90. The van der Waals surface area contributed by atoms with E-state index in [1.54, 1.807) is 6.07 Å². The summed E-state index contributed by atoms with van der Waals surface area (Å²) in [5, 5.41) is 14.6.